The summed E-state index contributed by atoms with van der Waals surface area (Å²) in [6.07, 6.45) is 6.92. The van der Waals surface area contributed by atoms with E-state index >= 15 is 0 Å². The highest BCUT2D eigenvalue weighted by molar-refractivity contribution is 5.95. The number of hydrogen-bond acceptors (Lipinski definition) is 7. The van der Waals surface area contributed by atoms with Gasteiger partial charge in [-0.1, -0.05) is 6.08 Å². The van der Waals surface area contributed by atoms with Crippen LogP contribution in [0.1, 0.15) is 12.1 Å². The first-order valence-electron chi connectivity index (χ1n) is 10.8. The highest BCUT2D eigenvalue weighted by atomic mass is 15.3. The summed E-state index contributed by atoms with van der Waals surface area (Å²) in [5.41, 5.74) is 5.88. The molecule has 0 spiro atoms. The van der Waals surface area contributed by atoms with Gasteiger partial charge < -0.3 is 20.1 Å². The summed E-state index contributed by atoms with van der Waals surface area (Å²) in [7, 11) is 2.16. The number of aromatic amines is 2. The third kappa shape index (κ3) is 3.26. The zero-order valence-electron chi connectivity index (χ0n) is 17.5. The van der Waals surface area contributed by atoms with Crippen LogP contribution < -0.4 is 10.2 Å². The zero-order valence-corrected chi connectivity index (χ0v) is 17.5. The van der Waals surface area contributed by atoms with Gasteiger partial charge in [-0.15, -0.1) is 0 Å². The smallest absolute Gasteiger partial charge is 0.159 e. The normalized spacial score (nSPS) is 18.1. The summed E-state index contributed by atoms with van der Waals surface area (Å²) in [5.74, 6) is 1.69. The second-order valence-electron chi connectivity index (χ2n) is 8.28. The molecule has 6 rings (SSSR count). The summed E-state index contributed by atoms with van der Waals surface area (Å²) in [6.45, 7) is 5.83. The fourth-order valence-electron chi connectivity index (χ4n) is 4.41. The molecule has 4 aromatic rings. The molecular weight excluding hydrogens is 390 g/mol. The first-order chi connectivity index (χ1) is 15.3. The molecule has 0 aliphatic carbocycles. The lowest BCUT2D eigenvalue weighted by Crippen LogP contribution is -2.44. The summed E-state index contributed by atoms with van der Waals surface area (Å²) < 4.78 is 0. The van der Waals surface area contributed by atoms with Crippen molar-refractivity contribution in [3.8, 4) is 11.5 Å². The Balaban J connectivity index is 1.42. The first-order valence-corrected chi connectivity index (χ1v) is 10.8. The molecule has 31 heavy (non-hydrogen) atoms. The van der Waals surface area contributed by atoms with Crippen LogP contribution in [0.2, 0.25) is 0 Å². The molecule has 1 fully saturated rings. The van der Waals surface area contributed by atoms with Gasteiger partial charge in [0.1, 0.15) is 11.2 Å². The number of anilines is 1. The van der Waals surface area contributed by atoms with E-state index in [1.807, 2.05) is 18.5 Å². The van der Waals surface area contributed by atoms with Crippen molar-refractivity contribution in [2.24, 2.45) is 0 Å². The van der Waals surface area contributed by atoms with Gasteiger partial charge in [0.05, 0.1) is 22.9 Å². The van der Waals surface area contributed by atoms with Gasteiger partial charge in [-0.25, -0.2) is 9.97 Å². The van der Waals surface area contributed by atoms with E-state index in [2.05, 4.69) is 59.5 Å². The van der Waals surface area contributed by atoms with Crippen molar-refractivity contribution in [1.82, 2.24) is 40.3 Å². The molecule has 0 aromatic carbocycles. The van der Waals surface area contributed by atoms with E-state index in [0.29, 0.717) is 0 Å². The Morgan fingerprint density at radius 1 is 1.06 bits per heavy atom. The molecule has 4 aromatic heterocycles. The Bertz CT molecular complexity index is 1280. The van der Waals surface area contributed by atoms with Gasteiger partial charge in [-0.3, -0.25) is 10.1 Å². The predicted octanol–water partition coefficient (Wildman–Crippen LogP) is 2.02. The van der Waals surface area contributed by atoms with Crippen LogP contribution in [-0.2, 0) is 0 Å². The third-order valence-corrected chi connectivity index (χ3v) is 6.25. The molecule has 6 heterocycles. The van der Waals surface area contributed by atoms with Crippen molar-refractivity contribution in [1.29, 1.82) is 0 Å². The maximum atomic E-state index is 4.94. The largest absolute Gasteiger partial charge is 0.352 e. The van der Waals surface area contributed by atoms with Crippen LogP contribution >= 0.6 is 0 Å². The molecule has 2 aliphatic heterocycles. The van der Waals surface area contributed by atoms with Crippen molar-refractivity contribution >= 4 is 33.3 Å². The average Bonchev–Trinajstić information content (AvgIpc) is 3.43. The fraction of sp³-hybridized carbons (Fsp3) is 0.364. The van der Waals surface area contributed by atoms with Crippen LogP contribution in [0.25, 0.3) is 39.0 Å². The van der Waals surface area contributed by atoms with Crippen molar-refractivity contribution in [3.63, 3.8) is 0 Å². The second-order valence-corrected chi connectivity index (χ2v) is 8.28. The quantitative estimate of drug-likeness (QED) is 0.471. The van der Waals surface area contributed by atoms with Crippen LogP contribution in [0.3, 0.4) is 0 Å². The highest BCUT2D eigenvalue weighted by Crippen LogP contribution is 2.31. The molecule has 0 saturated carbocycles. The summed E-state index contributed by atoms with van der Waals surface area (Å²) >= 11 is 0. The highest BCUT2D eigenvalue weighted by Gasteiger charge is 2.21. The minimum Gasteiger partial charge on any atom is -0.352 e. The molecule has 0 amide bonds. The summed E-state index contributed by atoms with van der Waals surface area (Å²) in [5, 5.41) is 12.1. The lowest BCUT2D eigenvalue weighted by atomic mass is 10.0. The van der Waals surface area contributed by atoms with Crippen LogP contribution in [0.15, 0.2) is 30.6 Å². The van der Waals surface area contributed by atoms with Crippen LogP contribution in [-0.4, -0.2) is 81.3 Å². The van der Waals surface area contributed by atoms with E-state index in [1.165, 1.54) is 5.57 Å². The number of likely N-dealkylation sites (N-methyl/N-ethyl adjacent to an activating group) is 1. The van der Waals surface area contributed by atoms with E-state index in [1.54, 1.807) is 0 Å². The molecule has 0 bridgehead atoms. The molecule has 0 atom stereocenters. The molecule has 1 saturated heterocycles. The molecule has 0 radical (unpaired) electrons. The molecule has 9 nitrogen and oxygen atoms in total. The number of piperazine rings is 1. The number of nitrogens with one attached hydrogen (secondary N) is 3. The van der Waals surface area contributed by atoms with Crippen LogP contribution in [0, 0.1) is 0 Å². The Morgan fingerprint density at radius 3 is 2.81 bits per heavy atom. The number of fused-ring (bicyclic) bond motifs is 2. The van der Waals surface area contributed by atoms with Crippen LogP contribution in [0.4, 0.5) is 5.82 Å². The van der Waals surface area contributed by atoms with Gasteiger partial charge in [0, 0.05) is 44.3 Å². The Kier molecular flexibility index (Phi) is 4.43. The van der Waals surface area contributed by atoms with E-state index in [-0.39, 0.29) is 0 Å². The van der Waals surface area contributed by atoms with Crippen molar-refractivity contribution < 1.29 is 0 Å². The van der Waals surface area contributed by atoms with Gasteiger partial charge in [0.15, 0.2) is 11.6 Å². The molecular formula is C22H25N9. The van der Waals surface area contributed by atoms with Gasteiger partial charge in [-0.2, -0.15) is 5.10 Å². The van der Waals surface area contributed by atoms with Gasteiger partial charge in [0.2, 0.25) is 0 Å². The van der Waals surface area contributed by atoms with E-state index < -0.39 is 0 Å². The van der Waals surface area contributed by atoms with Gasteiger partial charge in [-0.05, 0) is 37.7 Å². The zero-order chi connectivity index (χ0) is 20.8. The van der Waals surface area contributed by atoms with Gasteiger partial charge in [0.25, 0.3) is 0 Å². The molecule has 3 N–H and O–H groups in total. The number of H-pyrrole nitrogens is 2. The SMILES string of the molecule is CN1CCN(c2nccc3[nH]c(-c4n[nH]c5cnc(C6=CCNCC6)cc45)nc23)CC1. The first kappa shape index (κ1) is 18.5. The molecule has 0 unspecified atom stereocenters. The average molecular weight is 416 g/mol. The number of pyridine rings is 2. The minimum atomic E-state index is 0.751. The topological polar surface area (TPSA) is 102 Å². The monoisotopic (exact) mass is 415 g/mol. The number of nitrogens with zero attached hydrogens (tertiary/aromatic N) is 6. The maximum absolute atomic E-state index is 4.94. The summed E-state index contributed by atoms with van der Waals surface area (Å²) in [4.78, 5) is 22.4. The van der Waals surface area contributed by atoms with Crippen molar-refractivity contribution in [2.45, 2.75) is 6.42 Å². The summed E-state index contributed by atoms with van der Waals surface area (Å²) in [6, 6.07) is 4.10. The second kappa shape index (κ2) is 7.44. The van der Waals surface area contributed by atoms with E-state index in [4.69, 9.17) is 4.98 Å². The van der Waals surface area contributed by atoms with Crippen molar-refractivity contribution in [3.05, 3.63) is 36.3 Å². The maximum Gasteiger partial charge on any atom is 0.159 e. The number of hydrogen-bond donors (Lipinski definition) is 3. The Morgan fingerprint density at radius 2 is 1.97 bits per heavy atom. The van der Waals surface area contributed by atoms with Crippen molar-refractivity contribution in [2.75, 3.05) is 51.2 Å². The van der Waals surface area contributed by atoms with Gasteiger partial charge >= 0.3 is 0 Å². The molecule has 9 heteroatoms. The van der Waals surface area contributed by atoms with E-state index in [0.717, 1.165) is 90.7 Å². The molecule has 158 valence electrons. The fourth-order valence-corrected chi connectivity index (χ4v) is 4.41. The van der Waals surface area contributed by atoms with E-state index in [9.17, 15) is 0 Å². The standard InChI is InChI=1S/C22H25N9/c1-30-8-10-31(11-9-30)22-20-16(4-7-24-22)26-21(27-20)19-15-12-17(14-2-5-23-6-3-14)25-13-18(15)28-29-19/h2,4,7,12-13,23H,3,5-6,8-11H2,1H3,(H,26,27)(H,28,29). The number of aromatic nitrogens is 6. The Labute approximate surface area is 179 Å². The lowest BCUT2D eigenvalue weighted by molar-refractivity contribution is 0.312. The Hall–Kier alpha value is -3.30. The molecule has 2 aliphatic rings. The number of rotatable bonds is 3. The third-order valence-electron chi connectivity index (χ3n) is 6.25. The van der Waals surface area contributed by atoms with Crippen LogP contribution in [0.5, 0.6) is 0 Å². The minimum absolute atomic E-state index is 0.751. The predicted molar refractivity (Wildman–Crippen MR) is 122 cm³/mol. The lowest BCUT2D eigenvalue weighted by Gasteiger charge is -2.33. The number of imidazole rings is 1.